The zero-order chi connectivity index (χ0) is 31.8. The molecule has 0 unspecified atom stereocenters. The first kappa shape index (κ1) is 30.3. The van der Waals surface area contributed by atoms with Crippen LogP contribution in [0.5, 0.6) is 34.5 Å². The minimum absolute atomic E-state index is 0.0000926. The number of rotatable bonds is 7. The molecule has 45 heavy (non-hydrogen) atoms. The van der Waals surface area contributed by atoms with Crippen molar-refractivity contribution in [2.24, 2.45) is 11.8 Å². The van der Waals surface area contributed by atoms with Crippen molar-refractivity contribution in [2.45, 2.75) is 43.7 Å². The van der Waals surface area contributed by atoms with Gasteiger partial charge in [0.15, 0.2) is 0 Å². The van der Waals surface area contributed by atoms with Gasteiger partial charge in [0, 0.05) is 30.1 Å². The van der Waals surface area contributed by atoms with Crippen molar-refractivity contribution < 1.29 is 45.2 Å². The number of aliphatic hydroxyl groups excluding tert-OH is 3. The smallest absolute Gasteiger partial charge is 0.135 e. The number of phenolic OH excluding ortho intramolecular Hbond substituents is 4. The van der Waals surface area contributed by atoms with E-state index in [1.165, 1.54) is 18.2 Å². The summed E-state index contributed by atoms with van der Waals surface area (Å²) in [5, 5.41) is 71.6. The molecule has 0 radical (unpaired) electrons. The van der Waals surface area contributed by atoms with Crippen molar-refractivity contribution in [3.63, 3.8) is 0 Å². The van der Waals surface area contributed by atoms with Crippen molar-refractivity contribution in [3.05, 3.63) is 107 Å². The summed E-state index contributed by atoms with van der Waals surface area (Å²) in [5.74, 6) is -0.352. The van der Waals surface area contributed by atoms with E-state index >= 15 is 0 Å². The van der Waals surface area contributed by atoms with E-state index in [2.05, 4.69) is 0 Å². The summed E-state index contributed by atoms with van der Waals surface area (Å²) in [5.41, 5.74) is 3.39. The topological polar surface area (TPSA) is 160 Å². The van der Waals surface area contributed by atoms with Crippen LogP contribution in [-0.4, -0.2) is 60.7 Å². The quantitative estimate of drug-likeness (QED) is 0.142. The number of hydrogen-bond donors (Lipinski definition) is 7. The molecule has 7 N–H and O–H groups in total. The second-order valence-corrected chi connectivity index (χ2v) is 11.9. The molecule has 9 heteroatoms. The van der Waals surface area contributed by atoms with Crippen molar-refractivity contribution in [1.82, 2.24) is 0 Å². The maximum absolute atomic E-state index is 11.2. The molecule has 2 aliphatic rings. The van der Waals surface area contributed by atoms with Gasteiger partial charge in [-0.25, -0.2) is 0 Å². The first-order chi connectivity index (χ1) is 21.6. The van der Waals surface area contributed by atoms with Crippen LogP contribution >= 0.6 is 0 Å². The minimum Gasteiger partial charge on any atom is -0.508 e. The summed E-state index contributed by atoms with van der Waals surface area (Å²) < 4.78 is 12.5. The fourth-order valence-electron chi connectivity index (χ4n) is 6.38. The van der Waals surface area contributed by atoms with Gasteiger partial charge >= 0.3 is 0 Å². The number of phenols is 4. The van der Waals surface area contributed by atoms with Crippen molar-refractivity contribution in [3.8, 4) is 34.5 Å². The maximum Gasteiger partial charge on any atom is 0.135 e. The second-order valence-electron chi connectivity index (χ2n) is 11.9. The van der Waals surface area contributed by atoms with Gasteiger partial charge < -0.3 is 45.2 Å². The Balaban J connectivity index is 1.23. The summed E-state index contributed by atoms with van der Waals surface area (Å²) in [4.78, 5) is 0. The molecule has 1 aliphatic carbocycles. The number of aliphatic hydroxyl groups is 3. The first-order valence-electron chi connectivity index (χ1n) is 14.9. The van der Waals surface area contributed by atoms with Gasteiger partial charge in [0.1, 0.15) is 46.7 Å². The average Bonchev–Trinajstić information content (AvgIpc) is 3.41. The van der Waals surface area contributed by atoms with Crippen LogP contribution in [0.25, 0.3) is 12.2 Å². The summed E-state index contributed by atoms with van der Waals surface area (Å²) in [6.07, 6.45) is 1.25. The lowest BCUT2D eigenvalue weighted by molar-refractivity contribution is -0.120. The summed E-state index contributed by atoms with van der Waals surface area (Å²) >= 11 is 0. The Bertz CT molecular complexity index is 1660. The molecule has 9 nitrogen and oxygen atoms in total. The van der Waals surface area contributed by atoms with Crippen LogP contribution in [0, 0.1) is 11.8 Å². The van der Waals surface area contributed by atoms with E-state index in [9.17, 15) is 35.7 Å². The Hall–Kier alpha value is -4.70. The lowest BCUT2D eigenvalue weighted by atomic mass is 9.76. The van der Waals surface area contributed by atoms with E-state index in [0.29, 0.717) is 34.6 Å². The van der Waals surface area contributed by atoms with Crippen LogP contribution in [0.2, 0.25) is 0 Å². The molecule has 1 aliphatic heterocycles. The molecule has 0 spiro atoms. The van der Waals surface area contributed by atoms with Crippen molar-refractivity contribution >= 4 is 12.2 Å². The Labute approximate surface area is 260 Å². The molecule has 4 aromatic rings. The van der Waals surface area contributed by atoms with Gasteiger partial charge in [-0.1, -0.05) is 43.3 Å². The maximum atomic E-state index is 11.2. The standard InChI is InChI=1S/C36H36O9/c1-19-30(16-24(18-37)35(43)34(19)42)44-28-10-4-20(5-11-28)2-3-21-12-29(41)33-31(13-21)45-36(22-6-8-25(38)9-7-22)32(33)23-14-26(39)17-27(40)15-23/h2-15,17,19,24,30,32,34-43H,16,18H2,1H3/b3-2+/t19-,24+,30+,32-,34+,35+,36+/m0/s1. The van der Waals surface area contributed by atoms with Gasteiger partial charge in [0.2, 0.25) is 0 Å². The van der Waals surface area contributed by atoms with E-state index < -0.39 is 30.1 Å². The predicted molar refractivity (Wildman–Crippen MR) is 167 cm³/mol. The largest absolute Gasteiger partial charge is 0.508 e. The van der Waals surface area contributed by atoms with Gasteiger partial charge in [0.05, 0.1) is 18.1 Å². The van der Waals surface area contributed by atoms with Crippen LogP contribution in [0.3, 0.4) is 0 Å². The molecular weight excluding hydrogens is 576 g/mol. The van der Waals surface area contributed by atoms with Crippen LogP contribution in [0.4, 0.5) is 0 Å². The molecule has 0 aromatic heterocycles. The Morgan fingerprint density at radius 1 is 0.756 bits per heavy atom. The van der Waals surface area contributed by atoms with E-state index in [1.807, 2.05) is 49.4 Å². The lowest BCUT2D eigenvalue weighted by Gasteiger charge is -2.40. The van der Waals surface area contributed by atoms with E-state index in [4.69, 9.17) is 9.47 Å². The van der Waals surface area contributed by atoms with Crippen LogP contribution < -0.4 is 9.47 Å². The van der Waals surface area contributed by atoms with Gasteiger partial charge in [0.25, 0.3) is 0 Å². The zero-order valence-corrected chi connectivity index (χ0v) is 24.6. The van der Waals surface area contributed by atoms with Gasteiger partial charge in [-0.3, -0.25) is 0 Å². The highest BCUT2D eigenvalue weighted by atomic mass is 16.5. The summed E-state index contributed by atoms with van der Waals surface area (Å²) in [6, 6.07) is 21.7. The SMILES string of the molecule is C[C@@H]1[C@@H](O)[C@H](O)[C@@H](CO)C[C@H]1Oc1ccc(/C=C/c2cc(O)c3c(c2)O[C@H](c2ccc(O)cc2)[C@H]3c2cc(O)cc(O)c2)cc1. The van der Waals surface area contributed by atoms with Gasteiger partial charge in [-0.05, 0) is 77.2 Å². The molecule has 4 aromatic carbocycles. The molecule has 1 saturated carbocycles. The molecule has 1 fully saturated rings. The fraction of sp³-hybridized carbons (Fsp3) is 0.278. The molecule has 6 rings (SSSR count). The third kappa shape index (κ3) is 6.15. The van der Waals surface area contributed by atoms with Crippen LogP contribution in [-0.2, 0) is 0 Å². The third-order valence-electron chi connectivity index (χ3n) is 8.88. The molecule has 0 amide bonds. The second kappa shape index (κ2) is 12.4. The molecule has 7 atom stereocenters. The Morgan fingerprint density at radius 3 is 2.09 bits per heavy atom. The van der Waals surface area contributed by atoms with E-state index in [-0.39, 0.29) is 41.6 Å². The zero-order valence-electron chi connectivity index (χ0n) is 24.6. The Kier molecular flexibility index (Phi) is 8.33. The van der Waals surface area contributed by atoms with Crippen LogP contribution in [0.15, 0.2) is 78.9 Å². The average molecular weight is 613 g/mol. The number of aromatic hydroxyl groups is 4. The minimum atomic E-state index is -0.980. The molecule has 0 bridgehead atoms. The number of benzene rings is 4. The number of fused-ring (bicyclic) bond motifs is 1. The van der Waals surface area contributed by atoms with Crippen molar-refractivity contribution in [2.75, 3.05) is 6.61 Å². The molecule has 234 valence electrons. The van der Waals surface area contributed by atoms with Gasteiger partial charge in [-0.15, -0.1) is 0 Å². The van der Waals surface area contributed by atoms with E-state index in [0.717, 1.165) is 11.1 Å². The molecule has 0 saturated heterocycles. The molecule has 1 heterocycles. The number of hydrogen-bond acceptors (Lipinski definition) is 9. The van der Waals surface area contributed by atoms with Crippen LogP contribution in [0.1, 0.15) is 53.2 Å². The highest BCUT2D eigenvalue weighted by Gasteiger charge is 2.42. The Morgan fingerprint density at radius 2 is 1.42 bits per heavy atom. The monoisotopic (exact) mass is 612 g/mol. The number of ether oxygens (including phenoxy) is 2. The fourth-order valence-corrected chi connectivity index (χ4v) is 6.38. The third-order valence-corrected chi connectivity index (χ3v) is 8.88. The first-order valence-corrected chi connectivity index (χ1v) is 14.9. The summed E-state index contributed by atoms with van der Waals surface area (Å²) in [7, 11) is 0. The molecular formula is C36H36O9. The summed E-state index contributed by atoms with van der Waals surface area (Å²) in [6.45, 7) is 1.59. The lowest BCUT2D eigenvalue weighted by Crippen LogP contribution is -2.51. The van der Waals surface area contributed by atoms with Crippen molar-refractivity contribution in [1.29, 1.82) is 0 Å². The normalized spacial score (nSPS) is 26.0. The highest BCUT2D eigenvalue weighted by Crippen LogP contribution is 2.54. The highest BCUT2D eigenvalue weighted by molar-refractivity contribution is 5.73. The van der Waals surface area contributed by atoms with E-state index in [1.54, 1.807) is 30.3 Å². The van der Waals surface area contributed by atoms with Gasteiger partial charge in [-0.2, -0.15) is 0 Å². The predicted octanol–water partition coefficient (Wildman–Crippen LogP) is 5.06.